The van der Waals surface area contributed by atoms with Gasteiger partial charge in [0.2, 0.25) is 0 Å². The molecule has 3 aromatic rings. The first-order valence-corrected chi connectivity index (χ1v) is 6.66. The molecule has 4 nitrogen and oxygen atoms in total. The lowest BCUT2D eigenvalue weighted by molar-refractivity contribution is 0.414. The molecule has 0 saturated heterocycles. The average molecular weight is 281 g/mol. The summed E-state index contributed by atoms with van der Waals surface area (Å²) in [5, 5.41) is 4.20. The monoisotopic (exact) mass is 281 g/mol. The van der Waals surface area contributed by atoms with Crippen molar-refractivity contribution in [1.82, 2.24) is 0 Å². The van der Waals surface area contributed by atoms with E-state index in [9.17, 15) is 4.79 Å². The number of rotatable bonds is 4. The first-order valence-electron chi connectivity index (χ1n) is 6.66. The third-order valence-electron chi connectivity index (χ3n) is 3.29. The van der Waals surface area contributed by atoms with Crippen LogP contribution in [-0.4, -0.2) is 7.11 Å². The van der Waals surface area contributed by atoms with E-state index in [0.717, 1.165) is 16.6 Å². The molecule has 0 radical (unpaired) electrons. The summed E-state index contributed by atoms with van der Waals surface area (Å²) in [5.41, 5.74) is 2.08. The van der Waals surface area contributed by atoms with Crippen molar-refractivity contribution in [2.24, 2.45) is 0 Å². The summed E-state index contributed by atoms with van der Waals surface area (Å²) in [5.74, 6) is 0.666. The predicted molar refractivity (Wildman–Crippen MR) is 82.8 cm³/mol. The molecule has 4 heteroatoms. The minimum absolute atomic E-state index is 0.361. The van der Waals surface area contributed by atoms with Gasteiger partial charge in [-0.05, 0) is 29.8 Å². The highest BCUT2D eigenvalue weighted by molar-refractivity contribution is 5.81. The summed E-state index contributed by atoms with van der Waals surface area (Å²) in [6, 6.07) is 16.9. The predicted octanol–water partition coefficient (Wildman–Crippen LogP) is 3.41. The fourth-order valence-electron chi connectivity index (χ4n) is 2.24. The van der Waals surface area contributed by atoms with E-state index in [4.69, 9.17) is 9.15 Å². The molecule has 0 amide bonds. The molecule has 0 spiro atoms. The number of anilines is 1. The Hall–Kier alpha value is -2.75. The van der Waals surface area contributed by atoms with Gasteiger partial charge in [0.1, 0.15) is 11.3 Å². The Morgan fingerprint density at radius 1 is 1.10 bits per heavy atom. The molecule has 1 heterocycles. The van der Waals surface area contributed by atoms with E-state index in [1.54, 1.807) is 13.2 Å². The molecule has 0 aliphatic heterocycles. The van der Waals surface area contributed by atoms with Gasteiger partial charge in [-0.15, -0.1) is 0 Å². The van der Waals surface area contributed by atoms with Crippen molar-refractivity contribution in [1.29, 1.82) is 0 Å². The van der Waals surface area contributed by atoms with Gasteiger partial charge in [0.15, 0.2) is 0 Å². The lowest BCUT2D eigenvalue weighted by Crippen LogP contribution is -2.05. The number of ether oxygens (including phenoxy) is 1. The van der Waals surface area contributed by atoms with E-state index in [0.29, 0.717) is 17.9 Å². The molecular formula is C17H15NO3. The van der Waals surface area contributed by atoms with Gasteiger partial charge in [-0.1, -0.05) is 18.2 Å². The number of fused-ring (bicyclic) bond motifs is 1. The number of nitrogens with one attached hydrogen (secondary N) is 1. The Labute approximate surface area is 122 Å². The van der Waals surface area contributed by atoms with Gasteiger partial charge in [0.25, 0.3) is 0 Å². The van der Waals surface area contributed by atoms with Crippen LogP contribution in [0.15, 0.2) is 63.8 Å². The summed E-state index contributed by atoms with van der Waals surface area (Å²) < 4.78 is 10.4. The van der Waals surface area contributed by atoms with Crippen LogP contribution in [0.2, 0.25) is 0 Å². The van der Waals surface area contributed by atoms with Gasteiger partial charge in [-0.25, -0.2) is 4.79 Å². The molecule has 0 fully saturated rings. The van der Waals surface area contributed by atoms with Crippen LogP contribution < -0.4 is 15.7 Å². The average Bonchev–Trinajstić information content (AvgIpc) is 2.52. The number of para-hydroxylation sites is 1. The van der Waals surface area contributed by atoms with Crippen molar-refractivity contribution in [2.75, 3.05) is 12.4 Å². The Morgan fingerprint density at radius 2 is 1.90 bits per heavy atom. The molecule has 0 bridgehead atoms. The van der Waals surface area contributed by atoms with E-state index in [2.05, 4.69) is 5.32 Å². The highest BCUT2D eigenvalue weighted by Crippen LogP contribution is 2.23. The molecule has 106 valence electrons. The van der Waals surface area contributed by atoms with Crippen LogP contribution in [0.4, 0.5) is 5.69 Å². The molecule has 0 atom stereocenters. The normalized spacial score (nSPS) is 10.5. The lowest BCUT2D eigenvalue weighted by atomic mass is 10.1. The van der Waals surface area contributed by atoms with Gasteiger partial charge in [0, 0.05) is 29.8 Å². The van der Waals surface area contributed by atoms with Crippen LogP contribution in [0.5, 0.6) is 5.75 Å². The van der Waals surface area contributed by atoms with Gasteiger partial charge < -0.3 is 14.5 Å². The fraction of sp³-hybridized carbons (Fsp3) is 0.118. The van der Waals surface area contributed by atoms with E-state index in [1.165, 1.54) is 6.07 Å². The molecular weight excluding hydrogens is 266 g/mol. The SMILES string of the molecule is COc1ccc2c(CNc3ccccc3)cc(=O)oc2c1. The minimum Gasteiger partial charge on any atom is -0.497 e. The highest BCUT2D eigenvalue weighted by atomic mass is 16.5. The van der Waals surface area contributed by atoms with Crippen molar-refractivity contribution in [3.05, 3.63) is 70.6 Å². The molecule has 21 heavy (non-hydrogen) atoms. The van der Waals surface area contributed by atoms with Crippen LogP contribution in [0.1, 0.15) is 5.56 Å². The Morgan fingerprint density at radius 3 is 2.67 bits per heavy atom. The van der Waals surface area contributed by atoms with Crippen molar-refractivity contribution in [3.8, 4) is 5.75 Å². The molecule has 0 aliphatic rings. The van der Waals surface area contributed by atoms with E-state index < -0.39 is 0 Å². The van der Waals surface area contributed by atoms with Crippen LogP contribution in [-0.2, 0) is 6.54 Å². The van der Waals surface area contributed by atoms with E-state index in [-0.39, 0.29) is 5.63 Å². The lowest BCUT2D eigenvalue weighted by Gasteiger charge is -2.09. The zero-order valence-electron chi connectivity index (χ0n) is 11.6. The smallest absolute Gasteiger partial charge is 0.336 e. The number of hydrogen-bond acceptors (Lipinski definition) is 4. The fourth-order valence-corrected chi connectivity index (χ4v) is 2.24. The van der Waals surface area contributed by atoms with E-state index >= 15 is 0 Å². The Kier molecular flexibility index (Phi) is 3.60. The molecule has 1 aromatic heterocycles. The van der Waals surface area contributed by atoms with Crippen molar-refractivity contribution in [2.45, 2.75) is 6.54 Å². The topological polar surface area (TPSA) is 51.5 Å². The molecule has 1 N–H and O–H groups in total. The second-order valence-corrected chi connectivity index (χ2v) is 4.67. The molecule has 3 rings (SSSR count). The maximum atomic E-state index is 11.7. The summed E-state index contributed by atoms with van der Waals surface area (Å²) in [6.07, 6.45) is 0. The summed E-state index contributed by atoms with van der Waals surface area (Å²) in [6.45, 7) is 0.554. The maximum absolute atomic E-state index is 11.7. The second kappa shape index (κ2) is 5.71. The van der Waals surface area contributed by atoms with Crippen LogP contribution in [0.25, 0.3) is 11.0 Å². The highest BCUT2D eigenvalue weighted by Gasteiger charge is 2.07. The third kappa shape index (κ3) is 2.89. The van der Waals surface area contributed by atoms with Crippen molar-refractivity contribution >= 4 is 16.7 Å². The van der Waals surface area contributed by atoms with Gasteiger partial charge in [-0.2, -0.15) is 0 Å². The van der Waals surface area contributed by atoms with Gasteiger partial charge in [-0.3, -0.25) is 0 Å². The summed E-state index contributed by atoms with van der Waals surface area (Å²) in [4.78, 5) is 11.7. The Bertz CT molecular complexity index is 809. The molecule has 0 aliphatic carbocycles. The first-order chi connectivity index (χ1) is 10.3. The van der Waals surface area contributed by atoms with Crippen LogP contribution in [0.3, 0.4) is 0 Å². The molecule has 2 aromatic carbocycles. The van der Waals surface area contributed by atoms with E-state index in [1.807, 2.05) is 42.5 Å². The number of hydrogen-bond donors (Lipinski definition) is 1. The Balaban J connectivity index is 1.96. The second-order valence-electron chi connectivity index (χ2n) is 4.67. The minimum atomic E-state index is -0.361. The summed E-state index contributed by atoms with van der Waals surface area (Å²) in [7, 11) is 1.58. The third-order valence-corrected chi connectivity index (χ3v) is 3.29. The van der Waals surface area contributed by atoms with Crippen LogP contribution in [0, 0.1) is 0 Å². The number of benzene rings is 2. The first kappa shape index (κ1) is 13.2. The number of methoxy groups -OCH3 is 1. The quantitative estimate of drug-likeness (QED) is 0.744. The largest absolute Gasteiger partial charge is 0.497 e. The summed E-state index contributed by atoms with van der Waals surface area (Å²) >= 11 is 0. The van der Waals surface area contributed by atoms with Gasteiger partial charge >= 0.3 is 5.63 Å². The zero-order valence-corrected chi connectivity index (χ0v) is 11.6. The molecule has 0 saturated carbocycles. The molecule has 0 unspecified atom stereocenters. The van der Waals surface area contributed by atoms with Crippen molar-refractivity contribution in [3.63, 3.8) is 0 Å². The zero-order chi connectivity index (χ0) is 14.7. The maximum Gasteiger partial charge on any atom is 0.336 e. The standard InChI is InChI=1S/C17H15NO3/c1-20-14-7-8-15-12(9-17(19)21-16(15)10-14)11-18-13-5-3-2-4-6-13/h2-10,18H,11H2,1H3. The van der Waals surface area contributed by atoms with Crippen molar-refractivity contribution < 1.29 is 9.15 Å². The van der Waals surface area contributed by atoms with Crippen LogP contribution >= 0.6 is 0 Å². The van der Waals surface area contributed by atoms with Gasteiger partial charge in [0.05, 0.1) is 7.11 Å².